The molecule has 3 heteroatoms. The van der Waals surface area contributed by atoms with Crippen LogP contribution < -0.4 is 10.2 Å². The van der Waals surface area contributed by atoms with E-state index in [9.17, 15) is 4.39 Å². The van der Waals surface area contributed by atoms with E-state index in [1.165, 1.54) is 25.7 Å². The minimum atomic E-state index is -0.109. The maximum atomic E-state index is 13.6. The van der Waals surface area contributed by atoms with E-state index in [1.807, 2.05) is 0 Å². The van der Waals surface area contributed by atoms with E-state index in [0.29, 0.717) is 6.04 Å². The van der Waals surface area contributed by atoms with E-state index in [2.05, 4.69) is 16.3 Å². The van der Waals surface area contributed by atoms with Crippen molar-refractivity contribution in [2.75, 3.05) is 18.0 Å². The number of anilines is 1. The molecule has 2 aliphatic rings. The fourth-order valence-electron chi connectivity index (χ4n) is 2.44. The van der Waals surface area contributed by atoms with Gasteiger partial charge in [0.25, 0.3) is 0 Å². The summed E-state index contributed by atoms with van der Waals surface area (Å²) in [5, 5.41) is 3.43. The van der Waals surface area contributed by atoms with E-state index >= 15 is 0 Å². The van der Waals surface area contributed by atoms with Crippen LogP contribution in [0.1, 0.15) is 31.2 Å². The van der Waals surface area contributed by atoms with E-state index < -0.39 is 0 Å². The van der Waals surface area contributed by atoms with Crippen molar-refractivity contribution in [2.24, 2.45) is 0 Å². The van der Waals surface area contributed by atoms with E-state index in [1.54, 1.807) is 12.1 Å². The van der Waals surface area contributed by atoms with Gasteiger partial charge in [0.05, 0.1) is 0 Å². The van der Waals surface area contributed by atoms with Gasteiger partial charge >= 0.3 is 0 Å². The molecule has 1 heterocycles. The average molecular weight is 234 g/mol. The van der Waals surface area contributed by atoms with Gasteiger partial charge in [0.1, 0.15) is 5.82 Å². The Bertz CT molecular complexity index is 395. The lowest BCUT2D eigenvalue weighted by atomic mass is 10.1. The number of rotatable bonds is 4. The summed E-state index contributed by atoms with van der Waals surface area (Å²) in [7, 11) is 0. The number of hydrogen-bond donors (Lipinski definition) is 1. The van der Waals surface area contributed by atoms with Gasteiger partial charge in [-0.2, -0.15) is 0 Å². The lowest BCUT2D eigenvalue weighted by Gasteiger charge is -2.18. The lowest BCUT2D eigenvalue weighted by Crippen LogP contribution is -2.19. The summed E-state index contributed by atoms with van der Waals surface area (Å²) in [6, 6.07) is 6.11. The summed E-state index contributed by atoms with van der Waals surface area (Å²) in [6.45, 7) is 2.93. The molecule has 1 saturated carbocycles. The maximum absolute atomic E-state index is 13.6. The van der Waals surface area contributed by atoms with Gasteiger partial charge in [-0.3, -0.25) is 0 Å². The van der Waals surface area contributed by atoms with E-state index in [4.69, 9.17) is 0 Å². The van der Waals surface area contributed by atoms with Crippen LogP contribution in [-0.2, 0) is 6.54 Å². The van der Waals surface area contributed by atoms with Crippen LogP contribution in [0.3, 0.4) is 0 Å². The third kappa shape index (κ3) is 2.78. The zero-order valence-electron chi connectivity index (χ0n) is 10.1. The van der Waals surface area contributed by atoms with Crippen molar-refractivity contribution in [2.45, 2.75) is 38.3 Å². The Labute approximate surface area is 102 Å². The van der Waals surface area contributed by atoms with E-state index in [-0.39, 0.29) is 5.82 Å². The molecule has 17 heavy (non-hydrogen) atoms. The van der Waals surface area contributed by atoms with Gasteiger partial charge < -0.3 is 10.2 Å². The Hall–Kier alpha value is -1.09. The minimum Gasteiger partial charge on any atom is -0.371 e. The normalized spacial score (nSPS) is 19.9. The van der Waals surface area contributed by atoms with Gasteiger partial charge in [-0.1, -0.05) is 0 Å². The van der Waals surface area contributed by atoms with Crippen molar-refractivity contribution >= 4 is 5.69 Å². The second-order valence-corrected chi connectivity index (χ2v) is 5.17. The number of nitrogens with one attached hydrogen (secondary N) is 1. The van der Waals surface area contributed by atoms with Gasteiger partial charge in [-0.05, 0) is 49.4 Å². The average Bonchev–Trinajstić information content (AvgIpc) is 2.98. The molecule has 0 amide bonds. The second-order valence-electron chi connectivity index (χ2n) is 5.17. The van der Waals surface area contributed by atoms with Gasteiger partial charge in [0.2, 0.25) is 0 Å². The molecular weight excluding hydrogens is 215 g/mol. The molecule has 0 spiro atoms. The Morgan fingerprint density at radius 1 is 1.18 bits per heavy atom. The molecule has 1 N–H and O–H groups in total. The van der Waals surface area contributed by atoms with Gasteiger partial charge in [-0.25, -0.2) is 4.39 Å². The number of halogens is 1. The van der Waals surface area contributed by atoms with E-state index in [0.717, 1.165) is 30.9 Å². The Balaban J connectivity index is 1.73. The van der Waals surface area contributed by atoms with Crippen molar-refractivity contribution in [3.8, 4) is 0 Å². The zero-order chi connectivity index (χ0) is 11.7. The molecule has 2 nitrogen and oxygen atoms in total. The predicted octanol–water partition coefficient (Wildman–Crippen LogP) is 2.68. The quantitative estimate of drug-likeness (QED) is 0.861. The van der Waals surface area contributed by atoms with Crippen molar-refractivity contribution in [3.63, 3.8) is 0 Å². The Kier molecular flexibility index (Phi) is 3.02. The second kappa shape index (κ2) is 4.65. The van der Waals surface area contributed by atoms with Crippen LogP contribution in [0.4, 0.5) is 10.1 Å². The highest BCUT2D eigenvalue weighted by molar-refractivity contribution is 5.49. The minimum absolute atomic E-state index is 0.109. The van der Waals surface area contributed by atoms with Gasteiger partial charge in [0.15, 0.2) is 0 Å². The summed E-state index contributed by atoms with van der Waals surface area (Å²) in [5.74, 6) is -0.109. The predicted molar refractivity (Wildman–Crippen MR) is 67.7 cm³/mol. The summed E-state index contributed by atoms with van der Waals surface area (Å²) in [6.07, 6.45) is 5.00. The van der Waals surface area contributed by atoms with Crippen molar-refractivity contribution in [1.29, 1.82) is 0 Å². The van der Waals surface area contributed by atoms with Crippen LogP contribution in [-0.4, -0.2) is 19.1 Å². The van der Waals surface area contributed by atoms with Crippen LogP contribution in [0.25, 0.3) is 0 Å². The number of nitrogens with zero attached hydrogens (tertiary/aromatic N) is 1. The van der Waals surface area contributed by atoms with Crippen LogP contribution in [0.15, 0.2) is 18.2 Å². The summed E-state index contributed by atoms with van der Waals surface area (Å²) >= 11 is 0. The smallest absolute Gasteiger partial charge is 0.125 e. The molecule has 1 aliphatic carbocycles. The molecule has 92 valence electrons. The third-order valence-corrected chi connectivity index (χ3v) is 3.59. The maximum Gasteiger partial charge on any atom is 0.125 e. The molecule has 1 aromatic carbocycles. The highest BCUT2D eigenvalue weighted by Gasteiger charge is 2.20. The van der Waals surface area contributed by atoms with Crippen LogP contribution in [0.2, 0.25) is 0 Å². The molecule has 0 aromatic heterocycles. The third-order valence-electron chi connectivity index (χ3n) is 3.59. The van der Waals surface area contributed by atoms with Crippen molar-refractivity contribution in [3.05, 3.63) is 29.6 Å². The van der Waals surface area contributed by atoms with Gasteiger partial charge in [-0.15, -0.1) is 0 Å². The van der Waals surface area contributed by atoms with Crippen LogP contribution >= 0.6 is 0 Å². The molecule has 3 rings (SSSR count). The summed E-state index contributed by atoms with van der Waals surface area (Å²) in [5.41, 5.74) is 2.12. The first-order valence-corrected chi connectivity index (χ1v) is 6.59. The molecule has 1 saturated heterocycles. The molecule has 0 unspecified atom stereocenters. The fraction of sp³-hybridized carbons (Fsp3) is 0.571. The molecule has 1 aromatic rings. The first-order chi connectivity index (χ1) is 8.31. The molecule has 0 radical (unpaired) electrons. The molecule has 0 atom stereocenters. The largest absolute Gasteiger partial charge is 0.371 e. The van der Waals surface area contributed by atoms with Crippen molar-refractivity contribution < 1.29 is 4.39 Å². The first-order valence-electron chi connectivity index (χ1n) is 6.59. The monoisotopic (exact) mass is 234 g/mol. The highest BCUT2D eigenvalue weighted by Crippen LogP contribution is 2.24. The lowest BCUT2D eigenvalue weighted by molar-refractivity contribution is 0.619. The first kappa shape index (κ1) is 11.0. The summed E-state index contributed by atoms with van der Waals surface area (Å²) in [4.78, 5) is 2.28. The molecule has 1 aliphatic heterocycles. The molecule has 2 fully saturated rings. The summed E-state index contributed by atoms with van der Waals surface area (Å²) < 4.78 is 13.6. The number of benzene rings is 1. The molecule has 0 bridgehead atoms. The Morgan fingerprint density at radius 2 is 1.94 bits per heavy atom. The Morgan fingerprint density at radius 3 is 2.65 bits per heavy atom. The SMILES string of the molecule is Fc1cc(CNC2CC2)cc(N2CCCC2)c1. The highest BCUT2D eigenvalue weighted by atomic mass is 19.1. The molecular formula is C14H19FN2. The number of hydrogen-bond acceptors (Lipinski definition) is 2. The van der Waals surface area contributed by atoms with Crippen LogP contribution in [0.5, 0.6) is 0 Å². The van der Waals surface area contributed by atoms with Gasteiger partial charge in [0, 0.05) is 31.4 Å². The zero-order valence-corrected chi connectivity index (χ0v) is 10.1. The van der Waals surface area contributed by atoms with Crippen LogP contribution in [0, 0.1) is 5.82 Å². The standard InChI is InChI=1S/C14H19FN2/c15-12-7-11(10-16-13-3-4-13)8-14(9-12)17-5-1-2-6-17/h7-9,13,16H,1-6,10H2. The van der Waals surface area contributed by atoms with Crippen molar-refractivity contribution in [1.82, 2.24) is 5.32 Å². The fourth-order valence-corrected chi connectivity index (χ4v) is 2.44. The topological polar surface area (TPSA) is 15.3 Å².